The van der Waals surface area contributed by atoms with Crippen LogP contribution < -0.4 is 0 Å². The van der Waals surface area contributed by atoms with E-state index >= 15 is 0 Å². The summed E-state index contributed by atoms with van der Waals surface area (Å²) in [5.74, 6) is -0.233. The standard InChI is InChI=1S/C21H28FN5/c1-15-13-16(2)26(23-15)12-6-11-25(5)14-21-17(3)24-27(18(21)4)20-9-7-19(22)8-10-20/h7-10,13H,6,11-12,14H2,1-5H3. The van der Waals surface area contributed by atoms with Crippen LogP contribution in [0.15, 0.2) is 30.3 Å². The molecule has 144 valence electrons. The summed E-state index contributed by atoms with van der Waals surface area (Å²) in [6.07, 6.45) is 1.04. The van der Waals surface area contributed by atoms with Crippen molar-refractivity contribution in [2.45, 2.75) is 47.2 Å². The molecule has 0 atom stereocenters. The Balaban J connectivity index is 1.63. The first-order valence-electron chi connectivity index (χ1n) is 9.36. The molecule has 0 aliphatic heterocycles. The molecule has 0 aliphatic rings. The van der Waals surface area contributed by atoms with Crippen molar-refractivity contribution >= 4 is 0 Å². The van der Waals surface area contributed by atoms with Crippen molar-refractivity contribution in [1.29, 1.82) is 0 Å². The molecule has 0 aliphatic carbocycles. The van der Waals surface area contributed by atoms with E-state index in [-0.39, 0.29) is 5.82 Å². The van der Waals surface area contributed by atoms with E-state index < -0.39 is 0 Å². The van der Waals surface area contributed by atoms with Gasteiger partial charge in [-0.05, 0) is 78.0 Å². The molecule has 0 unspecified atom stereocenters. The zero-order chi connectivity index (χ0) is 19.6. The van der Waals surface area contributed by atoms with Crippen molar-refractivity contribution in [2.24, 2.45) is 0 Å². The van der Waals surface area contributed by atoms with Crippen LogP contribution in [0.5, 0.6) is 0 Å². The molecule has 2 heterocycles. The highest BCUT2D eigenvalue weighted by Crippen LogP contribution is 2.19. The van der Waals surface area contributed by atoms with Crippen LogP contribution in [0, 0.1) is 33.5 Å². The van der Waals surface area contributed by atoms with Gasteiger partial charge in [-0.3, -0.25) is 4.68 Å². The number of aromatic nitrogens is 4. The summed E-state index contributed by atoms with van der Waals surface area (Å²) < 4.78 is 17.2. The Morgan fingerprint density at radius 1 is 1.04 bits per heavy atom. The number of hydrogen-bond donors (Lipinski definition) is 0. The topological polar surface area (TPSA) is 38.9 Å². The molecule has 0 spiro atoms. The van der Waals surface area contributed by atoms with Crippen molar-refractivity contribution in [2.75, 3.05) is 13.6 Å². The van der Waals surface area contributed by atoms with Crippen LogP contribution in [0.3, 0.4) is 0 Å². The molecular weight excluding hydrogens is 341 g/mol. The van der Waals surface area contributed by atoms with E-state index in [2.05, 4.69) is 46.7 Å². The maximum absolute atomic E-state index is 13.2. The lowest BCUT2D eigenvalue weighted by atomic mass is 10.2. The number of halogens is 1. The molecule has 6 heteroatoms. The zero-order valence-electron chi connectivity index (χ0n) is 16.8. The number of aryl methyl sites for hydroxylation is 4. The maximum Gasteiger partial charge on any atom is 0.123 e. The van der Waals surface area contributed by atoms with Crippen molar-refractivity contribution in [3.63, 3.8) is 0 Å². The van der Waals surface area contributed by atoms with Crippen LogP contribution >= 0.6 is 0 Å². The molecule has 1 aromatic carbocycles. The Labute approximate surface area is 160 Å². The van der Waals surface area contributed by atoms with Gasteiger partial charge in [-0.1, -0.05) is 0 Å². The second kappa shape index (κ2) is 8.05. The van der Waals surface area contributed by atoms with Crippen molar-refractivity contribution < 1.29 is 4.39 Å². The van der Waals surface area contributed by atoms with Crippen molar-refractivity contribution in [1.82, 2.24) is 24.5 Å². The fraction of sp³-hybridized carbons (Fsp3) is 0.429. The lowest BCUT2D eigenvalue weighted by molar-refractivity contribution is 0.309. The van der Waals surface area contributed by atoms with Gasteiger partial charge in [0.2, 0.25) is 0 Å². The number of hydrogen-bond acceptors (Lipinski definition) is 3. The Hall–Kier alpha value is -2.47. The van der Waals surface area contributed by atoms with Gasteiger partial charge in [-0.25, -0.2) is 9.07 Å². The first kappa shape index (κ1) is 19.3. The summed E-state index contributed by atoms with van der Waals surface area (Å²) in [5, 5.41) is 9.18. The first-order valence-corrected chi connectivity index (χ1v) is 9.36. The van der Waals surface area contributed by atoms with E-state index in [0.717, 1.165) is 48.8 Å². The average molecular weight is 369 g/mol. The largest absolute Gasteiger partial charge is 0.302 e. The van der Waals surface area contributed by atoms with Crippen LogP contribution in [0.25, 0.3) is 5.69 Å². The summed E-state index contributed by atoms with van der Waals surface area (Å²) >= 11 is 0. The fourth-order valence-electron chi connectivity index (χ4n) is 3.48. The number of rotatable bonds is 7. The normalized spacial score (nSPS) is 11.5. The Kier molecular flexibility index (Phi) is 5.75. The van der Waals surface area contributed by atoms with Crippen LogP contribution in [0.4, 0.5) is 4.39 Å². The zero-order valence-corrected chi connectivity index (χ0v) is 16.8. The summed E-state index contributed by atoms with van der Waals surface area (Å²) in [5.41, 5.74) is 6.51. The highest BCUT2D eigenvalue weighted by molar-refractivity contribution is 5.37. The molecule has 3 rings (SSSR count). The predicted octanol–water partition coefficient (Wildman–Crippen LogP) is 3.96. The number of nitrogens with zero attached hydrogens (tertiary/aromatic N) is 5. The van der Waals surface area contributed by atoms with Gasteiger partial charge in [0.25, 0.3) is 0 Å². The minimum Gasteiger partial charge on any atom is -0.302 e. The minimum atomic E-state index is -0.233. The Morgan fingerprint density at radius 2 is 1.74 bits per heavy atom. The van der Waals surface area contributed by atoms with Crippen LogP contribution in [0.1, 0.15) is 34.8 Å². The molecule has 5 nitrogen and oxygen atoms in total. The number of benzene rings is 1. The summed E-state index contributed by atoms with van der Waals surface area (Å²) in [6, 6.07) is 8.57. The molecule has 0 bridgehead atoms. The molecule has 0 saturated heterocycles. The van der Waals surface area contributed by atoms with Gasteiger partial charge in [0.1, 0.15) is 5.82 Å². The monoisotopic (exact) mass is 369 g/mol. The van der Waals surface area contributed by atoms with E-state index in [1.807, 2.05) is 18.5 Å². The first-order chi connectivity index (χ1) is 12.8. The molecule has 0 amide bonds. The van der Waals surface area contributed by atoms with Gasteiger partial charge in [0, 0.05) is 30.0 Å². The molecule has 3 aromatic rings. The summed E-state index contributed by atoms with van der Waals surface area (Å²) in [4.78, 5) is 2.32. The quantitative estimate of drug-likeness (QED) is 0.633. The van der Waals surface area contributed by atoms with E-state index in [1.54, 1.807) is 12.1 Å². The van der Waals surface area contributed by atoms with Crippen LogP contribution in [-0.4, -0.2) is 38.1 Å². The maximum atomic E-state index is 13.2. The van der Waals surface area contributed by atoms with Gasteiger partial charge >= 0.3 is 0 Å². The van der Waals surface area contributed by atoms with E-state index in [1.165, 1.54) is 23.4 Å². The van der Waals surface area contributed by atoms with Crippen molar-refractivity contribution in [3.8, 4) is 5.69 Å². The average Bonchev–Trinajstić information content (AvgIpc) is 3.08. The van der Waals surface area contributed by atoms with Crippen molar-refractivity contribution in [3.05, 3.63) is 64.5 Å². The molecule has 2 aromatic heterocycles. The van der Waals surface area contributed by atoms with Crippen LogP contribution in [0.2, 0.25) is 0 Å². The third-order valence-electron chi connectivity index (χ3n) is 4.95. The van der Waals surface area contributed by atoms with Gasteiger partial charge < -0.3 is 4.90 Å². The molecule has 27 heavy (non-hydrogen) atoms. The third kappa shape index (κ3) is 4.45. The highest BCUT2D eigenvalue weighted by Gasteiger charge is 2.14. The van der Waals surface area contributed by atoms with Gasteiger partial charge in [-0.15, -0.1) is 0 Å². The smallest absolute Gasteiger partial charge is 0.123 e. The minimum absolute atomic E-state index is 0.233. The van der Waals surface area contributed by atoms with Crippen LogP contribution in [-0.2, 0) is 13.1 Å². The second-order valence-corrected chi connectivity index (χ2v) is 7.28. The van der Waals surface area contributed by atoms with E-state index in [0.29, 0.717) is 0 Å². The predicted molar refractivity (Wildman–Crippen MR) is 106 cm³/mol. The van der Waals surface area contributed by atoms with Gasteiger partial charge in [0.05, 0.1) is 17.1 Å². The lowest BCUT2D eigenvalue weighted by Crippen LogP contribution is -2.21. The summed E-state index contributed by atoms with van der Waals surface area (Å²) in [7, 11) is 2.13. The lowest BCUT2D eigenvalue weighted by Gasteiger charge is -2.17. The highest BCUT2D eigenvalue weighted by atomic mass is 19.1. The van der Waals surface area contributed by atoms with Gasteiger partial charge in [0.15, 0.2) is 0 Å². The SMILES string of the molecule is Cc1cc(C)n(CCCN(C)Cc2c(C)nn(-c3ccc(F)cc3)c2C)n1. The van der Waals surface area contributed by atoms with Gasteiger partial charge in [-0.2, -0.15) is 10.2 Å². The third-order valence-corrected chi connectivity index (χ3v) is 4.95. The molecular formula is C21H28FN5. The Morgan fingerprint density at radius 3 is 2.37 bits per heavy atom. The second-order valence-electron chi connectivity index (χ2n) is 7.28. The summed E-state index contributed by atoms with van der Waals surface area (Å²) in [6.45, 7) is 11.0. The Bertz CT molecular complexity index is 908. The van der Waals surface area contributed by atoms with E-state index in [9.17, 15) is 4.39 Å². The van der Waals surface area contributed by atoms with E-state index in [4.69, 9.17) is 0 Å². The molecule has 0 fully saturated rings. The fourth-order valence-corrected chi connectivity index (χ4v) is 3.48. The molecule has 0 radical (unpaired) electrons. The molecule has 0 N–H and O–H groups in total. The molecule has 0 saturated carbocycles.